The first-order chi connectivity index (χ1) is 12.2. The molecule has 0 bridgehead atoms. The fourth-order valence-electron chi connectivity index (χ4n) is 2.91. The first kappa shape index (κ1) is 15.7. The second-order valence-corrected chi connectivity index (χ2v) is 5.78. The van der Waals surface area contributed by atoms with E-state index in [1.54, 1.807) is 17.1 Å². The average Bonchev–Trinajstić information content (AvgIpc) is 3.19. The summed E-state index contributed by atoms with van der Waals surface area (Å²) in [6.45, 7) is 3.08. The molecule has 4 rings (SSSR count). The highest BCUT2D eigenvalue weighted by Crippen LogP contribution is 2.22. The van der Waals surface area contributed by atoms with Crippen LogP contribution in [0.5, 0.6) is 0 Å². The Morgan fingerprint density at radius 3 is 3.16 bits per heavy atom. The van der Waals surface area contributed by atoms with Crippen molar-refractivity contribution in [3.05, 3.63) is 41.9 Å². The number of hydrogen-bond acceptors (Lipinski definition) is 7. The monoisotopic (exact) mass is 336 g/mol. The summed E-state index contributed by atoms with van der Waals surface area (Å²) in [6.07, 6.45) is 5.04. The van der Waals surface area contributed by atoms with Crippen molar-refractivity contribution in [3.63, 3.8) is 0 Å². The molecule has 0 radical (unpaired) electrons. The van der Waals surface area contributed by atoms with Crippen LogP contribution in [-0.2, 0) is 18.3 Å². The molecule has 0 unspecified atom stereocenters. The van der Waals surface area contributed by atoms with Gasteiger partial charge in [0, 0.05) is 13.6 Å². The van der Waals surface area contributed by atoms with Crippen molar-refractivity contribution in [2.45, 2.75) is 13.5 Å². The van der Waals surface area contributed by atoms with E-state index in [1.165, 1.54) is 6.33 Å². The smallest absolute Gasteiger partial charge is 0.423 e. The fraction of sp³-hybridized carbons (Fsp3) is 0.250. The van der Waals surface area contributed by atoms with Gasteiger partial charge in [-0.3, -0.25) is 4.68 Å². The zero-order valence-corrected chi connectivity index (χ0v) is 14.0. The Labute approximate surface area is 144 Å². The summed E-state index contributed by atoms with van der Waals surface area (Å²) in [7, 11) is 1.02. The lowest BCUT2D eigenvalue weighted by molar-refractivity contribution is 0.275. The van der Waals surface area contributed by atoms with E-state index in [-0.39, 0.29) is 0 Å². The third-order valence-electron chi connectivity index (χ3n) is 4.23. The van der Waals surface area contributed by atoms with Crippen molar-refractivity contribution >= 4 is 35.6 Å². The Hall–Kier alpha value is -2.78. The van der Waals surface area contributed by atoms with Gasteiger partial charge in [-0.1, -0.05) is 12.1 Å². The van der Waals surface area contributed by atoms with Crippen LogP contribution in [0, 0.1) is 0 Å². The summed E-state index contributed by atoms with van der Waals surface area (Å²) in [4.78, 5) is 8.62. The topological polar surface area (TPSA) is 88.7 Å². The van der Waals surface area contributed by atoms with Crippen molar-refractivity contribution < 1.29 is 9.68 Å². The summed E-state index contributed by atoms with van der Waals surface area (Å²) in [5.74, 6) is 0.719. The van der Waals surface area contributed by atoms with Crippen LogP contribution in [0.3, 0.4) is 0 Å². The molecule has 0 aliphatic carbocycles. The second kappa shape index (κ2) is 6.27. The molecular formula is C16H17BN6O2. The molecule has 8 nitrogen and oxygen atoms in total. The zero-order chi connectivity index (χ0) is 17.4. The normalized spacial score (nSPS) is 13.8. The number of hydrogen-bond donors (Lipinski definition) is 1. The third-order valence-corrected chi connectivity index (χ3v) is 4.23. The van der Waals surface area contributed by atoms with Crippen LogP contribution in [0.1, 0.15) is 18.1 Å². The predicted molar refractivity (Wildman–Crippen MR) is 95.8 cm³/mol. The standard InChI is InChI=1S/C16H17BN6O2/c1-3-23(16-13-8-20-22(2)15(13)18-10-19-16)21-7-11-4-5-14-12(6-11)9-25-17(14)24/h4-8,10,24H,3,9H2,1-2H3/b21-7+. The van der Waals surface area contributed by atoms with E-state index in [0.29, 0.717) is 13.2 Å². The fourth-order valence-corrected chi connectivity index (χ4v) is 2.91. The molecule has 0 saturated heterocycles. The number of benzene rings is 1. The number of nitrogens with zero attached hydrogens (tertiary/aromatic N) is 6. The van der Waals surface area contributed by atoms with Crippen LogP contribution in [0.4, 0.5) is 5.82 Å². The van der Waals surface area contributed by atoms with E-state index >= 15 is 0 Å². The maximum Gasteiger partial charge on any atom is 0.491 e. The van der Waals surface area contributed by atoms with E-state index < -0.39 is 7.12 Å². The minimum Gasteiger partial charge on any atom is -0.423 e. The number of aryl methyl sites for hydroxylation is 1. The molecular weight excluding hydrogens is 319 g/mol. The molecule has 0 amide bonds. The first-order valence-electron chi connectivity index (χ1n) is 8.04. The number of hydrazone groups is 1. The summed E-state index contributed by atoms with van der Waals surface area (Å²) < 4.78 is 6.93. The van der Waals surface area contributed by atoms with Crippen molar-refractivity contribution in [2.24, 2.45) is 12.1 Å². The van der Waals surface area contributed by atoms with Gasteiger partial charge in [0.2, 0.25) is 0 Å². The molecule has 1 aliphatic heterocycles. The van der Waals surface area contributed by atoms with Gasteiger partial charge in [-0.05, 0) is 29.6 Å². The van der Waals surface area contributed by atoms with Gasteiger partial charge in [-0.2, -0.15) is 10.2 Å². The molecule has 1 N–H and O–H groups in total. The Morgan fingerprint density at radius 1 is 1.44 bits per heavy atom. The van der Waals surface area contributed by atoms with E-state index in [0.717, 1.165) is 33.4 Å². The summed E-state index contributed by atoms with van der Waals surface area (Å²) >= 11 is 0. The second-order valence-electron chi connectivity index (χ2n) is 5.78. The van der Waals surface area contributed by atoms with E-state index in [4.69, 9.17) is 4.65 Å². The Morgan fingerprint density at radius 2 is 2.32 bits per heavy atom. The predicted octanol–water partition coefficient (Wildman–Crippen LogP) is 0.441. The third kappa shape index (κ3) is 2.77. The Kier molecular flexibility index (Phi) is 3.94. The molecule has 3 aromatic rings. The Bertz CT molecular complexity index is 957. The highest BCUT2D eigenvalue weighted by Gasteiger charge is 2.26. The van der Waals surface area contributed by atoms with Gasteiger partial charge in [-0.15, -0.1) is 0 Å². The summed E-state index contributed by atoms with van der Waals surface area (Å²) in [5.41, 5.74) is 3.50. The van der Waals surface area contributed by atoms with Gasteiger partial charge in [0.05, 0.1) is 24.4 Å². The van der Waals surface area contributed by atoms with Crippen LogP contribution in [0.25, 0.3) is 11.0 Å². The van der Waals surface area contributed by atoms with Gasteiger partial charge in [-0.25, -0.2) is 15.0 Å². The van der Waals surface area contributed by atoms with Crippen molar-refractivity contribution in [1.29, 1.82) is 0 Å². The number of rotatable bonds is 4. The lowest BCUT2D eigenvalue weighted by Crippen LogP contribution is -2.27. The quantitative estimate of drug-likeness (QED) is 0.423. The Balaban J connectivity index is 1.65. The highest BCUT2D eigenvalue weighted by atomic mass is 16.5. The van der Waals surface area contributed by atoms with Gasteiger partial charge in [0.25, 0.3) is 0 Å². The minimum atomic E-state index is -0.826. The number of anilines is 1. The van der Waals surface area contributed by atoms with Crippen molar-refractivity contribution in [2.75, 3.05) is 11.6 Å². The van der Waals surface area contributed by atoms with Gasteiger partial charge in [0.1, 0.15) is 6.33 Å². The lowest BCUT2D eigenvalue weighted by Gasteiger charge is -2.16. The lowest BCUT2D eigenvalue weighted by atomic mass is 9.79. The summed E-state index contributed by atoms with van der Waals surface area (Å²) in [6, 6.07) is 5.75. The van der Waals surface area contributed by atoms with Gasteiger partial charge < -0.3 is 9.68 Å². The molecule has 0 fully saturated rings. The molecule has 3 heterocycles. The average molecular weight is 336 g/mol. The van der Waals surface area contributed by atoms with Crippen LogP contribution >= 0.6 is 0 Å². The van der Waals surface area contributed by atoms with E-state index in [1.807, 2.05) is 37.2 Å². The molecule has 1 aromatic carbocycles. The molecule has 9 heteroatoms. The van der Waals surface area contributed by atoms with E-state index in [9.17, 15) is 5.02 Å². The molecule has 0 saturated carbocycles. The molecule has 0 spiro atoms. The molecule has 2 aromatic heterocycles. The maximum absolute atomic E-state index is 9.69. The van der Waals surface area contributed by atoms with Crippen molar-refractivity contribution in [3.8, 4) is 0 Å². The van der Waals surface area contributed by atoms with Crippen LogP contribution in [0.15, 0.2) is 35.8 Å². The number of fused-ring (bicyclic) bond motifs is 2. The van der Waals surface area contributed by atoms with Crippen LogP contribution in [-0.4, -0.2) is 44.7 Å². The largest absolute Gasteiger partial charge is 0.491 e. The first-order valence-corrected chi connectivity index (χ1v) is 8.04. The molecule has 25 heavy (non-hydrogen) atoms. The summed E-state index contributed by atoms with van der Waals surface area (Å²) in [5, 5.41) is 21.2. The van der Waals surface area contributed by atoms with Crippen molar-refractivity contribution in [1.82, 2.24) is 19.7 Å². The van der Waals surface area contributed by atoms with Gasteiger partial charge >= 0.3 is 7.12 Å². The molecule has 1 aliphatic rings. The van der Waals surface area contributed by atoms with Gasteiger partial charge in [0.15, 0.2) is 11.5 Å². The SMILES string of the molecule is CCN(/N=C/c1ccc2c(c1)COB2O)c1ncnc2c1cnn2C. The minimum absolute atomic E-state index is 0.415. The zero-order valence-electron chi connectivity index (χ0n) is 14.0. The molecule has 0 atom stereocenters. The maximum atomic E-state index is 9.69. The molecule has 126 valence electrons. The van der Waals surface area contributed by atoms with E-state index in [2.05, 4.69) is 20.2 Å². The van der Waals surface area contributed by atoms with Crippen LogP contribution < -0.4 is 10.5 Å². The number of aromatic nitrogens is 4. The highest BCUT2D eigenvalue weighted by molar-refractivity contribution is 6.61. The van der Waals surface area contributed by atoms with Crippen LogP contribution in [0.2, 0.25) is 0 Å².